The Balaban J connectivity index is 2.33. The summed E-state index contributed by atoms with van der Waals surface area (Å²) in [5, 5.41) is 19.8. The van der Waals surface area contributed by atoms with E-state index in [0.717, 1.165) is 0 Å². The zero-order valence-corrected chi connectivity index (χ0v) is 10.2. The monoisotopic (exact) mass is 257 g/mol. The van der Waals surface area contributed by atoms with E-state index in [1.807, 2.05) is 6.07 Å². The maximum atomic E-state index is 11.0. The van der Waals surface area contributed by atoms with Gasteiger partial charge in [-0.15, -0.1) is 0 Å². The quantitative estimate of drug-likeness (QED) is 0.621. The van der Waals surface area contributed by atoms with Gasteiger partial charge in [0.15, 0.2) is 0 Å². The average molecular weight is 257 g/mol. The maximum absolute atomic E-state index is 11.0. The number of rotatable bonds is 4. The van der Waals surface area contributed by atoms with Crippen LogP contribution in [0.3, 0.4) is 0 Å². The van der Waals surface area contributed by atoms with Crippen molar-refractivity contribution in [3.05, 3.63) is 58.0 Å². The summed E-state index contributed by atoms with van der Waals surface area (Å²) < 4.78 is 5.21. The molecule has 96 valence electrons. The molecule has 1 heterocycles. The van der Waals surface area contributed by atoms with Crippen molar-refractivity contribution in [3.8, 4) is 6.07 Å². The molecule has 0 spiro atoms. The van der Waals surface area contributed by atoms with Crippen molar-refractivity contribution in [2.45, 2.75) is 6.54 Å². The molecular weight excluding hydrogens is 246 g/mol. The lowest BCUT2D eigenvalue weighted by Crippen LogP contribution is -2.17. The molecule has 1 aromatic carbocycles. The molecule has 19 heavy (non-hydrogen) atoms. The lowest BCUT2D eigenvalue weighted by molar-refractivity contribution is -0.384. The molecular formula is C13H11N3O3. The van der Waals surface area contributed by atoms with E-state index in [1.54, 1.807) is 42.5 Å². The van der Waals surface area contributed by atoms with Gasteiger partial charge in [-0.1, -0.05) is 0 Å². The van der Waals surface area contributed by atoms with Crippen molar-refractivity contribution in [1.82, 2.24) is 0 Å². The minimum atomic E-state index is -0.491. The van der Waals surface area contributed by atoms with Crippen LogP contribution in [-0.2, 0) is 6.54 Å². The van der Waals surface area contributed by atoms with Crippen molar-refractivity contribution >= 4 is 11.4 Å². The largest absolute Gasteiger partial charge is 0.467 e. The molecule has 6 heteroatoms. The third kappa shape index (κ3) is 2.72. The molecule has 0 aliphatic rings. The number of nitro groups is 1. The molecule has 0 bridgehead atoms. The van der Waals surface area contributed by atoms with E-state index in [4.69, 9.17) is 9.68 Å². The molecule has 6 nitrogen and oxygen atoms in total. The molecule has 0 N–H and O–H groups in total. The van der Waals surface area contributed by atoms with Gasteiger partial charge in [-0.05, 0) is 24.3 Å². The first-order valence-corrected chi connectivity index (χ1v) is 5.54. The summed E-state index contributed by atoms with van der Waals surface area (Å²) in [5.74, 6) is 0.709. The van der Waals surface area contributed by atoms with E-state index in [2.05, 4.69) is 0 Å². The summed E-state index contributed by atoms with van der Waals surface area (Å²) in [6, 6.07) is 9.85. The molecule has 2 aromatic rings. The second-order valence-corrected chi connectivity index (χ2v) is 4.01. The molecule has 1 aromatic heterocycles. The molecule has 0 radical (unpaired) electrons. The van der Waals surface area contributed by atoms with Crippen LogP contribution in [0.4, 0.5) is 11.4 Å². The fourth-order valence-electron chi connectivity index (χ4n) is 1.78. The first kappa shape index (κ1) is 12.6. The Bertz CT molecular complexity index is 629. The van der Waals surface area contributed by atoms with E-state index in [1.165, 1.54) is 6.07 Å². The number of nitriles is 1. The molecule has 0 amide bonds. The second-order valence-electron chi connectivity index (χ2n) is 4.01. The van der Waals surface area contributed by atoms with Crippen molar-refractivity contribution in [1.29, 1.82) is 5.26 Å². The van der Waals surface area contributed by atoms with Crippen LogP contribution in [0.25, 0.3) is 0 Å². The van der Waals surface area contributed by atoms with Crippen LogP contribution in [0.1, 0.15) is 11.3 Å². The molecule has 0 saturated heterocycles. The number of hydrogen-bond donors (Lipinski definition) is 0. The summed E-state index contributed by atoms with van der Waals surface area (Å²) in [5.41, 5.74) is 0.621. The highest BCUT2D eigenvalue weighted by Crippen LogP contribution is 2.29. The van der Waals surface area contributed by atoms with Crippen LogP contribution in [-0.4, -0.2) is 12.0 Å². The molecule has 0 aliphatic carbocycles. The van der Waals surface area contributed by atoms with Gasteiger partial charge in [-0.2, -0.15) is 5.26 Å². The Morgan fingerprint density at radius 1 is 1.47 bits per heavy atom. The fourth-order valence-corrected chi connectivity index (χ4v) is 1.78. The Morgan fingerprint density at radius 2 is 2.26 bits per heavy atom. The van der Waals surface area contributed by atoms with Crippen molar-refractivity contribution in [2.24, 2.45) is 0 Å². The summed E-state index contributed by atoms with van der Waals surface area (Å²) >= 11 is 0. The molecule has 0 unspecified atom stereocenters. The summed E-state index contributed by atoms with van der Waals surface area (Å²) in [6.07, 6.45) is 1.55. The van der Waals surface area contributed by atoms with Gasteiger partial charge in [0.05, 0.1) is 29.4 Å². The number of furan rings is 1. The number of nitro benzene ring substituents is 1. The van der Waals surface area contributed by atoms with Crippen molar-refractivity contribution in [2.75, 3.05) is 11.9 Å². The minimum Gasteiger partial charge on any atom is -0.467 e. The van der Waals surface area contributed by atoms with Crippen molar-refractivity contribution in [3.63, 3.8) is 0 Å². The Morgan fingerprint density at radius 3 is 2.84 bits per heavy atom. The normalized spacial score (nSPS) is 9.89. The first-order chi connectivity index (χ1) is 9.11. The first-order valence-electron chi connectivity index (χ1n) is 5.54. The summed E-state index contributed by atoms with van der Waals surface area (Å²) in [4.78, 5) is 12.3. The van der Waals surface area contributed by atoms with E-state index in [-0.39, 0.29) is 11.3 Å². The third-order valence-corrected chi connectivity index (χ3v) is 2.69. The Kier molecular flexibility index (Phi) is 3.48. The standard InChI is InChI=1S/C13H11N3O3/c1-15(9-11-3-2-6-19-11)12-5-4-10(8-14)7-13(12)16(17)18/h2-7H,9H2,1H3. The molecule has 0 fully saturated rings. The highest BCUT2D eigenvalue weighted by molar-refractivity contribution is 5.65. The average Bonchev–Trinajstić information content (AvgIpc) is 2.90. The Labute approximate surface area is 109 Å². The molecule has 0 aliphatic heterocycles. The van der Waals surface area contributed by atoms with Crippen LogP contribution in [0, 0.1) is 21.4 Å². The minimum absolute atomic E-state index is 0.0897. The van der Waals surface area contributed by atoms with Gasteiger partial charge in [0.25, 0.3) is 5.69 Å². The van der Waals surface area contributed by atoms with Gasteiger partial charge >= 0.3 is 0 Å². The SMILES string of the molecule is CN(Cc1ccco1)c1ccc(C#N)cc1[N+](=O)[O-]. The predicted octanol–water partition coefficient (Wildman–Crippen LogP) is 2.70. The van der Waals surface area contributed by atoms with Gasteiger partial charge in [0, 0.05) is 13.1 Å². The van der Waals surface area contributed by atoms with Crippen molar-refractivity contribution < 1.29 is 9.34 Å². The third-order valence-electron chi connectivity index (χ3n) is 2.69. The van der Waals surface area contributed by atoms with E-state index >= 15 is 0 Å². The second kappa shape index (κ2) is 5.23. The lowest BCUT2D eigenvalue weighted by atomic mass is 10.1. The summed E-state index contributed by atoms with van der Waals surface area (Å²) in [7, 11) is 1.73. The van der Waals surface area contributed by atoms with Gasteiger partial charge < -0.3 is 9.32 Å². The van der Waals surface area contributed by atoms with Gasteiger partial charge in [0.2, 0.25) is 0 Å². The number of nitrogens with zero attached hydrogens (tertiary/aromatic N) is 3. The van der Waals surface area contributed by atoms with Crippen LogP contribution < -0.4 is 4.90 Å². The number of benzene rings is 1. The van der Waals surface area contributed by atoms with Gasteiger partial charge in [0.1, 0.15) is 11.4 Å². The highest BCUT2D eigenvalue weighted by atomic mass is 16.6. The smallest absolute Gasteiger partial charge is 0.293 e. The number of hydrogen-bond acceptors (Lipinski definition) is 5. The Hall–Kier alpha value is -2.81. The van der Waals surface area contributed by atoms with Crippen LogP contribution in [0.5, 0.6) is 0 Å². The molecule has 0 saturated carbocycles. The van der Waals surface area contributed by atoms with E-state index in [0.29, 0.717) is 18.0 Å². The maximum Gasteiger partial charge on any atom is 0.293 e. The van der Waals surface area contributed by atoms with Gasteiger partial charge in [-0.25, -0.2) is 0 Å². The van der Waals surface area contributed by atoms with E-state index in [9.17, 15) is 10.1 Å². The van der Waals surface area contributed by atoms with Gasteiger partial charge in [-0.3, -0.25) is 10.1 Å². The zero-order chi connectivity index (χ0) is 13.8. The summed E-state index contributed by atoms with van der Waals surface area (Å²) in [6.45, 7) is 0.416. The highest BCUT2D eigenvalue weighted by Gasteiger charge is 2.18. The number of anilines is 1. The predicted molar refractivity (Wildman–Crippen MR) is 68.6 cm³/mol. The lowest BCUT2D eigenvalue weighted by Gasteiger charge is -2.17. The molecule has 0 atom stereocenters. The molecule has 2 rings (SSSR count). The fraction of sp³-hybridized carbons (Fsp3) is 0.154. The topological polar surface area (TPSA) is 83.3 Å². The van der Waals surface area contributed by atoms with Crippen LogP contribution in [0.2, 0.25) is 0 Å². The van der Waals surface area contributed by atoms with E-state index < -0.39 is 4.92 Å². The zero-order valence-electron chi connectivity index (χ0n) is 10.2. The van der Waals surface area contributed by atoms with Crippen LogP contribution in [0.15, 0.2) is 41.0 Å². The van der Waals surface area contributed by atoms with Crippen LogP contribution >= 0.6 is 0 Å².